The highest BCUT2D eigenvalue weighted by atomic mass is 32.2. The van der Waals surface area contributed by atoms with E-state index in [1.165, 1.54) is 17.8 Å². The van der Waals surface area contributed by atoms with Crippen LogP contribution in [0.15, 0.2) is 40.7 Å². The number of anilines is 1. The minimum atomic E-state index is -3.98. The summed E-state index contributed by atoms with van der Waals surface area (Å²) < 4.78 is 18.0. The van der Waals surface area contributed by atoms with Crippen molar-refractivity contribution in [3.63, 3.8) is 0 Å². The molecule has 2 aliphatic rings. The maximum absolute atomic E-state index is 13.0. The number of nitrogens with zero attached hydrogens (tertiary/aromatic N) is 5. The molecule has 2 unspecified atom stereocenters. The number of thioether (sulfide) groups is 2. The molecule has 0 saturated carbocycles. The molecule has 2 aliphatic heterocycles. The Balaban J connectivity index is 1.43. The number of carbonyl (C=O) groups is 4. The molecule has 0 aliphatic carbocycles. The molecule has 3 amide bonds. The number of carboxylic acids is 1. The zero-order valence-corrected chi connectivity index (χ0v) is 23.4. The van der Waals surface area contributed by atoms with Crippen LogP contribution in [0.3, 0.4) is 0 Å². The van der Waals surface area contributed by atoms with Crippen molar-refractivity contribution in [1.29, 1.82) is 0 Å². The zero-order valence-electron chi connectivity index (χ0n) is 20.9. The number of amides is 3. The second-order valence-corrected chi connectivity index (χ2v) is 12.3. The third-order valence-electron chi connectivity index (χ3n) is 5.82. The van der Waals surface area contributed by atoms with E-state index in [1.54, 1.807) is 25.1 Å². The lowest BCUT2D eigenvalue weighted by Gasteiger charge is -2.49. The summed E-state index contributed by atoms with van der Waals surface area (Å²) in [5.74, 6) is -2.23. The Hall–Kier alpha value is -3.28. The molecule has 0 radical (unpaired) electrons. The first-order valence-electron chi connectivity index (χ1n) is 11.7. The molecule has 6 N–H and O–H groups in total. The molecule has 1 aromatic heterocycles. The molecule has 16 nitrogen and oxygen atoms in total. The summed E-state index contributed by atoms with van der Waals surface area (Å²) in [6, 6.07) is 4.26. The van der Waals surface area contributed by atoms with Crippen LogP contribution in [0, 0.1) is 0 Å². The van der Waals surface area contributed by atoms with Crippen LogP contribution in [0.25, 0.3) is 0 Å². The predicted octanol–water partition coefficient (Wildman–Crippen LogP) is -0.0485. The number of rotatable bonds is 13. The van der Waals surface area contributed by atoms with Crippen LogP contribution in [0.4, 0.5) is 5.69 Å². The van der Waals surface area contributed by atoms with Crippen molar-refractivity contribution in [2.75, 3.05) is 23.4 Å². The average molecular weight is 613 g/mol. The normalized spacial score (nSPS) is 20.7. The van der Waals surface area contributed by atoms with Gasteiger partial charge < -0.3 is 30.9 Å². The Morgan fingerprint density at radius 3 is 2.90 bits per heavy atom. The van der Waals surface area contributed by atoms with Crippen molar-refractivity contribution in [2.24, 2.45) is 5.73 Å². The van der Waals surface area contributed by atoms with Crippen LogP contribution in [-0.2, 0) is 34.6 Å². The average Bonchev–Trinajstić information content (AvgIpc) is 3.35. The molecule has 1 fully saturated rings. The fourth-order valence-corrected chi connectivity index (χ4v) is 7.50. The van der Waals surface area contributed by atoms with Gasteiger partial charge in [-0.2, -0.15) is 0 Å². The third-order valence-corrected chi connectivity index (χ3v) is 9.49. The predicted molar refractivity (Wildman–Crippen MR) is 143 cm³/mol. The first kappa shape index (κ1) is 29.7. The van der Waals surface area contributed by atoms with Gasteiger partial charge in [0.05, 0.1) is 6.61 Å². The number of carbonyl (C=O) groups excluding carboxylic acids is 3. The highest BCUT2D eigenvalue weighted by Gasteiger charge is 2.54. The number of β-lactam (4-membered cyclic amide) rings is 1. The van der Waals surface area contributed by atoms with Crippen LogP contribution in [-0.4, -0.2) is 88.8 Å². The monoisotopic (exact) mass is 612 g/mol. The second-order valence-electron chi connectivity index (χ2n) is 8.47. The SMILES string of the molecule is CCOP(=O)(O)Cn1nnnc1SCC1=C(C(=O)O)N2C(=O)[C@@H](NC(=O)C(N)c3cccc(NC=O)c3)[C@H]2SC1. The van der Waals surface area contributed by atoms with Crippen molar-refractivity contribution in [3.05, 3.63) is 41.1 Å². The fraction of sp³-hybridized carbons (Fsp3) is 0.381. The van der Waals surface area contributed by atoms with Crippen LogP contribution in [0.2, 0.25) is 0 Å². The van der Waals surface area contributed by atoms with E-state index in [1.807, 2.05) is 0 Å². The van der Waals surface area contributed by atoms with Gasteiger partial charge >= 0.3 is 13.6 Å². The number of hydrogen-bond acceptors (Lipinski definition) is 12. The van der Waals surface area contributed by atoms with Gasteiger partial charge in [0.2, 0.25) is 17.5 Å². The van der Waals surface area contributed by atoms with E-state index in [-0.39, 0.29) is 29.0 Å². The van der Waals surface area contributed by atoms with Crippen LogP contribution in [0.1, 0.15) is 18.5 Å². The fourth-order valence-electron chi connectivity index (χ4n) is 4.03. The van der Waals surface area contributed by atoms with E-state index in [0.29, 0.717) is 23.2 Å². The Kier molecular flexibility index (Phi) is 9.27. The van der Waals surface area contributed by atoms with E-state index in [4.69, 9.17) is 10.3 Å². The molecule has 19 heteroatoms. The van der Waals surface area contributed by atoms with E-state index >= 15 is 0 Å². The van der Waals surface area contributed by atoms with Crippen LogP contribution < -0.4 is 16.4 Å². The molecule has 214 valence electrons. The number of fused-ring (bicyclic) bond motifs is 1. The molecule has 4 atom stereocenters. The molecule has 4 rings (SSSR count). The van der Waals surface area contributed by atoms with Gasteiger partial charge in [0.1, 0.15) is 29.4 Å². The largest absolute Gasteiger partial charge is 0.477 e. The van der Waals surface area contributed by atoms with Crippen molar-refractivity contribution < 1.29 is 38.3 Å². The number of aromatic nitrogens is 4. The molecule has 40 heavy (non-hydrogen) atoms. The Morgan fingerprint density at radius 1 is 1.43 bits per heavy atom. The van der Waals surface area contributed by atoms with Gasteiger partial charge in [0, 0.05) is 17.2 Å². The Labute approximate surface area is 235 Å². The smallest absolute Gasteiger partial charge is 0.352 e. The number of aliphatic carboxylic acids is 1. The van der Waals surface area contributed by atoms with Crippen molar-refractivity contribution in [3.8, 4) is 0 Å². The van der Waals surface area contributed by atoms with Gasteiger partial charge in [-0.25, -0.2) is 9.48 Å². The molecule has 1 saturated heterocycles. The standard InChI is InChI=1S/C21H25N8O8PS2/c1-2-37-38(35,36)10-28-21(25-26-27-28)40-8-12-7-39-19-15(18(32)29(19)16(12)20(33)34)24-17(31)14(22)11-4-3-5-13(6-11)23-9-30/h3-6,9,14-15,19H,2,7-8,10,22H2,1H3,(H,23,30)(H,24,31)(H,33,34)(H,35,36)/t14?,15-,19-/m1/s1. The summed E-state index contributed by atoms with van der Waals surface area (Å²) >= 11 is 2.31. The van der Waals surface area contributed by atoms with E-state index < -0.39 is 49.1 Å². The van der Waals surface area contributed by atoms with E-state index in [9.17, 15) is 33.7 Å². The maximum Gasteiger partial charge on any atom is 0.352 e. The number of carboxylic acid groups (broad SMARTS) is 1. The third kappa shape index (κ3) is 6.37. The molecule has 1 aromatic carbocycles. The number of nitrogens with one attached hydrogen (secondary N) is 2. The summed E-state index contributed by atoms with van der Waals surface area (Å²) in [5.41, 5.74) is 7.14. The van der Waals surface area contributed by atoms with E-state index in [0.717, 1.165) is 21.3 Å². The van der Waals surface area contributed by atoms with Crippen molar-refractivity contribution in [2.45, 2.75) is 35.8 Å². The summed E-state index contributed by atoms with van der Waals surface area (Å²) in [6.45, 7) is 1.59. The second kappa shape index (κ2) is 12.5. The topological polar surface area (TPSA) is 232 Å². The lowest BCUT2D eigenvalue weighted by atomic mass is 10.0. The molecule has 2 aromatic rings. The van der Waals surface area contributed by atoms with Gasteiger partial charge in [0.15, 0.2) is 0 Å². The summed E-state index contributed by atoms with van der Waals surface area (Å²) in [5, 5.41) is 25.5. The number of tetrazole rings is 1. The van der Waals surface area contributed by atoms with Gasteiger partial charge in [-0.1, -0.05) is 23.9 Å². The minimum absolute atomic E-state index is 0.0228. The molecular weight excluding hydrogens is 587 g/mol. The molecule has 3 heterocycles. The molecular formula is C21H25N8O8PS2. The van der Waals surface area contributed by atoms with Gasteiger partial charge in [-0.15, -0.1) is 16.9 Å². The van der Waals surface area contributed by atoms with Crippen LogP contribution >= 0.6 is 31.1 Å². The highest BCUT2D eigenvalue weighted by Crippen LogP contribution is 2.44. The maximum atomic E-state index is 13.0. The lowest BCUT2D eigenvalue weighted by molar-refractivity contribution is -0.150. The van der Waals surface area contributed by atoms with Gasteiger partial charge in [-0.3, -0.25) is 23.8 Å². The summed E-state index contributed by atoms with van der Waals surface area (Å²) in [6.07, 6.45) is 0.00844. The first-order chi connectivity index (χ1) is 19.1. The zero-order chi connectivity index (χ0) is 29.0. The molecule has 0 bridgehead atoms. The van der Waals surface area contributed by atoms with E-state index in [2.05, 4.69) is 26.2 Å². The lowest BCUT2D eigenvalue weighted by Crippen LogP contribution is -2.71. The summed E-state index contributed by atoms with van der Waals surface area (Å²) in [4.78, 5) is 59.7. The van der Waals surface area contributed by atoms with Gasteiger partial charge in [0.25, 0.3) is 5.91 Å². The quantitative estimate of drug-likeness (QED) is 0.0864. The number of nitrogens with two attached hydrogens (primary N) is 1. The molecule has 0 spiro atoms. The highest BCUT2D eigenvalue weighted by molar-refractivity contribution is 8.01. The minimum Gasteiger partial charge on any atom is -0.477 e. The van der Waals surface area contributed by atoms with Crippen molar-refractivity contribution >= 4 is 61.0 Å². The van der Waals surface area contributed by atoms with Crippen molar-refractivity contribution in [1.82, 2.24) is 30.4 Å². The van der Waals surface area contributed by atoms with Crippen LogP contribution in [0.5, 0.6) is 0 Å². The Morgan fingerprint density at radius 2 is 2.20 bits per heavy atom. The summed E-state index contributed by atoms with van der Waals surface area (Å²) in [7, 11) is -3.98. The number of hydrogen-bond donors (Lipinski definition) is 5. The number of benzene rings is 1. The van der Waals surface area contributed by atoms with Gasteiger partial charge in [-0.05, 0) is 40.6 Å². The Bertz CT molecular complexity index is 1400. The first-order valence-corrected chi connectivity index (χ1v) is 15.5.